The fourth-order valence-corrected chi connectivity index (χ4v) is 2.57. The van der Waals surface area contributed by atoms with Crippen LogP contribution in [0.3, 0.4) is 0 Å². The second-order valence-electron chi connectivity index (χ2n) is 4.60. The van der Waals surface area contributed by atoms with E-state index in [1.165, 1.54) is 9.75 Å². The average molecular weight is 337 g/mol. The first-order chi connectivity index (χ1) is 10.4. The van der Waals surface area contributed by atoms with Gasteiger partial charge in [0.2, 0.25) is 0 Å². The standard InChI is InChI=1S/C14H22F3N3OS/c1-3-11-5-6-12(22-11)9-20-13(18-2)19-7-4-8-21-10-14(15,16)17/h5-6H,3-4,7-10H2,1-2H3,(H2,18,19,20). The van der Waals surface area contributed by atoms with Crippen LogP contribution >= 0.6 is 11.3 Å². The molecule has 22 heavy (non-hydrogen) atoms. The van der Waals surface area contributed by atoms with Crippen molar-refractivity contribution in [1.82, 2.24) is 10.6 Å². The topological polar surface area (TPSA) is 45.7 Å². The van der Waals surface area contributed by atoms with E-state index in [2.05, 4.69) is 39.4 Å². The van der Waals surface area contributed by atoms with Crippen LogP contribution < -0.4 is 10.6 Å². The first-order valence-corrected chi connectivity index (χ1v) is 7.93. The van der Waals surface area contributed by atoms with Crippen LogP contribution in [0.25, 0.3) is 0 Å². The molecule has 0 fully saturated rings. The van der Waals surface area contributed by atoms with Crippen molar-refractivity contribution < 1.29 is 17.9 Å². The summed E-state index contributed by atoms with van der Waals surface area (Å²) in [5.41, 5.74) is 0. The van der Waals surface area contributed by atoms with Crippen LogP contribution in [-0.4, -0.2) is 38.9 Å². The average Bonchev–Trinajstić information content (AvgIpc) is 2.92. The number of guanidine groups is 1. The van der Waals surface area contributed by atoms with E-state index in [4.69, 9.17) is 0 Å². The second-order valence-corrected chi connectivity index (χ2v) is 5.85. The fraction of sp³-hybridized carbons (Fsp3) is 0.643. The number of nitrogens with zero attached hydrogens (tertiary/aromatic N) is 1. The third-order valence-corrected chi connectivity index (χ3v) is 3.97. The van der Waals surface area contributed by atoms with Gasteiger partial charge < -0.3 is 15.4 Å². The summed E-state index contributed by atoms with van der Waals surface area (Å²) in [5.74, 6) is 0.627. The molecule has 1 aromatic heterocycles. The van der Waals surface area contributed by atoms with Gasteiger partial charge in [-0.1, -0.05) is 6.92 Å². The maximum absolute atomic E-state index is 11.9. The normalized spacial score (nSPS) is 12.5. The van der Waals surface area contributed by atoms with Crippen LogP contribution in [0.4, 0.5) is 13.2 Å². The van der Waals surface area contributed by atoms with Gasteiger partial charge in [0.15, 0.2) is 5.96 Å². The molecule has 126 valence electrons. The summed E-state index contributed by atoms with van der Waals surface area (Å²) in [6.45, 7) is 2.16. The molecule has 1 heterocycles. The smallest absolute Gasteiger partial charge is 0.372 e. The lowest BCUT2D eigenvalue weighted by Crippen LogP contribution is -2.37. The molecule has 0 saturated carbocycles. The van der Waals surface area contributed by atoms with Crippen molar-refractivity contribution >= 4 is 17.3 Å². The first kappa shape index (κ1) is 18.8. The fourth-order valence-electron chi connectivity index (χ4n) is 1.67. The minimum Gasteiger partial charge on any atom is -0.372 e. The molecule has 0 spiro atoms. The zero-order chi connectivity index (χ0) is 16.4. The molecule has 0 bridgehead atoms. The summed E-state index contributed by atoms with van der Waals surface area (Å²) in [6, 6.07) is 4.19. The monoisotopic (exact) mass is 337 g/mol. The van der Waals surface area contributed by atoms with Crippen molar-refractivity contribution in [2.45, 2.75) is 32.5 Å². The van der Waals surface area contributed by atoms with E-state index in [1.807, 2.05) is 0 Å². The molecule has 0 aromatic carbocycles. The predicted octanol–water partition coefficient (Wildman–Crippen LogP) is 2.94. The highest BCUT2D eigenvalue weighted by atomic mass is 32.1. The Morgan fingerprint density at radius 2 is 2.00 bits per heavy atom. The molecule has 0 aliphatic rings. The van der Waals surface area contributed by atoms with Crippen LogP contribution in [0, 0.1) is 0 Å². The molecular formula is C14H22F3N3OS. The van der Waals surface area contributed by atoms with Gasteiger partial charge in [0.25, 0.3) is 0 Å². The van der Waals surface area contributed by atoms with Gasteiger partial charge in [0.1, 0.15) is 6.61 Å². The third kappa shape index (κ3) is 8.23. The van der Waals surface area contributed by atoms with E-state index in [1.54, 1.807) is 18.4 Å². The highest BCUT2D eigenvalue weighted by Gasteiger charge is 2.27. The molecule has 0 radical (unpaired) electrons. The lowest BCUT2D eigenvalue weighted by atomic mass is 10.3. The van der Waals surface area contributed by atoms with Crippen LogP contribution in [-0.2, 0) is 17.7 Å². The maximum Gasteiger partial charge on any atom is 0.411 e. The number of aliphatic imine (C=N–C) groups is 1. The molecule has 0 unspecified atom stereocenters. The Morgan fingerprint density at radius 3 is 2.59 bits per heavy atom. The van der Waals surface area contributed by atoms with Gasteiger partial charge in [0.05, 0.1) is 6.54 Å². The number of ether oxygens (including phenoxy) is 1. The van der Waals surface area contributed by atoms with Gasteiger partial charge in [-0.2, -0.15) is 13.2 Å². The summed E-state index contributed by atoms with van der Waals surface area (Å²) >= 11 is 1.75. The summed E-state index contributed by atoms with van der Waals surface area (Å²) in [4.78, 5) is 6.62. The van der Waals surface area contributed by atoms with E-state index in [0.29, 0.717) is 25.5 Å². The van der Waals surface area contributed by atoms with E-state index < -0.39 is 12.8 Å². The Hall–Kier alpha value is -1.28. The Kier molecular flexibility index (Phi) is 8.26. The van der Waals surface area contributed by atoms with Gasteiger partial charge in [0, 0.05) is 30.0 Å². The Morgan fingerprint density at radius 1 is 1.27 bits per heavy atom. The van der Waals surface area contributed by atoms with Crippen LogP contribution in [0.15, 0.2) is 17.1 Å². The molecule has 0 saturated heterocycles. The molecular weight excluding hydrogens is 315 g/mol. The number of thiophene rings is 1. The van der Waals surface area contributed by atoms with Crippen molar-refractivity contribution in [3.63, 3.8) is 0 Å². The van der Waals surface area contributed by atoms with Crippen molar-refractivity contribution in [1.29, 1.82) is 0 Å². The number of rotatable bonds is 8. The minimum atomic E-state index is -4.26. The van der Waals surface area contributed by atoms with Crippen LogP contribution in [0.5, 0.6) is 0 Å². The van der Waals surface area contributed by atoms with Crippen molar-refractivity contribution in [2.24, 2.45) is 4.99 Å². The Labute approximate surface area is 132 Å². The number of hydrogen-bond acceptors (Lipinski definition) is 3. The quantitative estimate of drug-likeness (QED) is 0.435. The van der Waals surface area contributed by atoms with Crippen molar-refractivity contribution in [2.75, 3.05) is 26.8 Å². The van der Waals surface area contributed by atoms with Crippen molar-refractivity contribution in [3.05, 3.63) is 21.9 Å². The van der Waals surface area contributed by atoms with Gasteiger partial charge in [-0.3, -0.25) is 4.99 Å². The third-order valence-electron chi connectivity index (χ3n) is 2.74. The number of aryl methyl sites for hydroxylation is 1. The molecule has 0 atom stereocenters. The number of hydrogen-bond donors (Lipinski definition) is 2. The zero-order valence-corrected chi connectivity index (χ0v) is 13.6. The van der Waals surface area contributed by atoms with E-state index in [-0.39, 0.29) is 6.61 Å². The largest absolute Gasteiger partial charge is 0.411 e. The van der Waals surface area contributed by atoms with Gasteiger partial charge in [-0.15, -0.1) is 11.3 Å². The van der Waals surface area contributed by atoms with Gasteiger partial charge >= 0.3 is 6.18 Å². The van der Waals surface area contributed by atoms with Crippen molar-refractivity contribution in [3.8, 4) is 0 Å². The summed E-state index contributed by atoms with van der Waals surface area (Å²) in [6.07, 6.45) is -2.76. The summed E-state index contributed by atoms with van der Waals surface area (Å²) < 4.78 is 40.1. The minimum absolute atomic E-state index is 0.0638. The highest BCUT2D eigenvalue weighted by Crippen LogP contribution is 2.16. The zero-order valence-electron chi connectivity index (χ0n) is 12.8. The second kappa shape index (κ2) is 9.68. The highest BCUT2D eigenvalue weighted by molar-refractivity contribution is 7.11. The Balaban J connectivity index is 2.15. The number of halogens is 3. The Bertz CT molecular complexity index is 460. The predicted molar refractivity (Wildman–Crippen MR) is 83.4 cm³/mol. The first-order valence-electron chi connectivity index (χ1n) is 7.11. The summed E-state index contributed by atoms with van der Waals surface area (Å²) in [7, 11) is 1.65. The molecule has 0 aliphatic heterocycles. The SMILES string of the molecule is CCc1ccc(CNC(=NC)NCCCOCC(F)(F)F)s1. The van der Waals surface area contributed by atoms with Gasteiger partial charge in [-0.05, 0) is 25.0 Å². The van der Waals surface area contributed by atoms with Crippen LogP contribution in [0.2, 0.25) is 0 Å². The summed E-state index contributed by atoms with van der Waals surface area (Å²) in [5, 5.41) is 6.21. The lowest BCUT2D eigenvalue weighted by molar-refractivity contribution is -0.173. The van der Waals surface area contributed by atoms with E-state index >= 15 is 0 Å². The number of nitrogens with one attached hydrogen (secondary N) is 2. The molecule has 0 amide bonds. The molecule has 2 N–H and O–H groups in total. The van der Waals surface area contributed by atoms with E-state index in [9.17, 15) is 13.2 Å². The maximum atomic E-state index is 11.9. The molecule has 4 nitrogen and oxygen atoms in total. The molecule has 1 aromatic rings. The number of alkyl halides is 3. The molecule has 0 aliphatic carbocycles. The lowest BCUT2D eigenvalue weighted by Gasteiger charge is -2.11. The van der Waals surface area contributed by atoms with Crippen LogP contribution in [0.1, 0.15) is 23.1 Å². The van der Waals surface area contributed by atoms with Gasteiger partial charge in [-0.25, -0.2) is 0 Å². The molecule has 1 rings (SSSR count). The molecule has 8 heteroatoms. The van der Waals surface area contributed by atoms with E-state index in [0.717, 1.165) is 6.42 Å².